The summed E-state index contributed by atoms with van der Waals surface area (Å²) >= 11 is 3.37. The van der Waals surface area contributed by atoms with Crippen LogP contribution in [0.2, 0.25) is 0 Å². The van der Waals surface area contributed by atoms with Gasteiger partial charge in [-0.05, 0) is 30.2 Å². The van der Waals surface area contributed by atoms with Gasteiger partial charge >= 0.3 is 5.97 Å². The molecule has 0 aromatic heterocycles. The zero-order valence-corrected chi connectivity index (χ0v) is 14.6. The zero-order valence-electron chi connectivity index (χ0n) is 13.1. The molecule has 22 heavy (non-hydrogen) atoms. The van der Waals surface area contributed by atoms with Crippen LogP contribution in [0.3, 0.4) is 0 Å². The molecule has 1 N–H and O–H groups in total. The van der Waals surface area contributed by atoms with Crippen molar-refractivity contribution in [2.75, 3.05) is 14.2 Å². The first kappa shape index (κ1) is 18.2. The van der Waals surface area contributed by atoms with E-state index < -0.39 is 12.0 Å². The van der Waals surface area contributed by atoms with Gasteiger partial charge in [-0.2, -0.15) is 0 Å². The predicted octanol–water partition coefficient (Wildman–Crippen LogP) is 2.78. The molecule has 0 fully saturated rings. The molecule has 0 aliphatic carbocycles. The molecule has 0 spiro atoms. The maximum absolute atomic E-state index is 12.0. The number of benzene rings is 1. The van der Waals surface area contributed by atoms with Crippen molar-refractivity contribution in [3.05, 3.63) is 34.3 Å². The first-order valence-corrected chi connectivity index (χ1v) is 7.58. The molecule has 1 rings (SSSR count). The minimum atomic E-state index is -0.674. The highest BCUT2D eigenvalue weighted by Crippen LogP contribution is 2.24. The van der Waals surface area contributed by atoms with E-state index in [0.29, 0.717) is 5.75 Å². The van der Waals surface area contributed by atoms with E-state index >= 15 is 0 Å². The summed E-state index contributed by atoms with van der Waals surface area (Å²) in [6.07, 6.45) is 3.00. The Morgan fingerprint density at radius 2 is 1.95 bits per heavy atom. The third kappa shape index (κ3) is 5.18. The molecular formula is C16H20BrNO4. The van der Waals surface area contributed by atoms with Gasteiger partial charge in [0.1, 0.15) is 11.8 Å². The third-order valence-electron chi connectivity index (χ3n) is 3.03. The molecule has 120 valence electrons. The van der Waals surface area contributed by atoms with Crippen LogP contribution in [0.15, 0.2) is 28.7 Å². The largest absolute Gasteiger partial charge is 0.496 e. The summed E-state index contributed by atoms with van der Waals surface area (Å²) in [7, 11) is 2.86. The van der Waals surface area contributed by atoms with Crippen LogP contribution in [0.4, 0.5) is 0 Å². The van der Waals surface area contributed by atoms with Crippen molar-refractivity contribution in [2.24, 2.45) is 5.92 Å². The van der Waals surface area contributed by atoms with Gasteiger partial charge in [-0.15, -0.1) is 0 Å². The number of hydrogen-bond donors (Lipinski definition) is 1. The maximum Gasteiger partial charge on any atom is 0.328 e. The van der Waals surface area contributed by atoms with Crippen molar-refractivity contribution in [3.63, 3.8) is 0 Å². The molecule has 1 atom stereocenters. The van der Waals surface area contributed by atoms with Gasteiger partial charge in [0.05, 0.1) is 14.2 Å². The van der Waals surface area contributed by atoms with Crippen molar-refractivity contribution in [2.45, 2.75) is 19.9 Å². The van der Waals surface area contributed by atoms with E-state index in [4.69, 9.17) is 4.74 Å². The number of carbonyl (C=O) groups excluding carboxylic acids is 2. The first-order valence-electron chi connectivity index (χ1n) is 6.79. The summed E-state index contributed by atoms with van der Waals surface area (Å²) < 4.78 is 10.8. The fraction of sp³-hybridized carbons (Fsp3) is 0.375. The van der Waals surface area contributed by atoms with Gasteiger partial charge in [0.25, 0.3) is 0 Å². The van der Waals surface area contributed by atoms with Gasteiger partial charge in [0.15, 0.2) is 0 Å². The van der Waals surface area contributed by atoms with E-state index in [2.05, 4.69) is 26.0 Å². The summed E-state index contributed by atoms with van der Waals surface area (Å²) in [5, 5.41) is 2.64. The normalized spacial score (nSPS) is 12.3. The van der Waals surface area contributed by atoms with Crippen LogP contribution in [0.25, 0.3) is 6.08 Å². The van der Waals surface area contributed by atoms with E-state index in [9.17, 15) is 9.59 Å². The fourth-order valence-electron chi connectivity index (χ4n) is 1.83. The van der Waals surface area contributed by atoms with Crippen LogP contribution >= 0.6 is 15.9 Å². The number of methoxy groups -OCH3 is 2. The number of nitrogens with one attached hydrogen (secondary N) is 1. The van der Waals surface area contributed by atoms with Crippen molar-refractivity contribution in [3.8, 4) is 5.75 Å². The summed E-state index contributed by atoms with van der Waals surface area (Å²) in [6, 6.07) is 4.81. The second-order valence-corrected chi connectivity index (χ2v) is 5.89. The second-order valence-electron chi connectivity index (χ2n) is 4.97. The monoisotopic (exact) mass is 369 g/mol. The highest BCUT2D eigenvalue weighted by Gasteiger charge is 2.23. The quantitative estimate of drug-likeness (QED) is 0.618. The van der Waals surface area contributed by atoms with Gasteiger partial charge in [0, 0.05) is 16.1 Å². The van der Waals surface area contributed by atoms with Crippen molar-refractivity contribution in [1.29, 1.82) is 0 Å². The molecule has 0 saturated carbocycles. The fourth-order valence-corrected chi connectivity index (χ4v) is 2.21. The van der Waals surface area contributed by atoms with Crippen molar-refractivity contribution >= 4 is 33.9 Å². The molecule has 0 heterocycles. The lowest BCUT2D eigenvalue weighted by atomic mass is 10.0. The molecule has 0 aliphatic rings. The number of amides is 1. The Bertz CT molecular complexity index is 569. The summed E-state index contributed by atoms with van der Waals surface area (Å²) in [5.74, 6) is -0.242. The lowest BCUT2D eigenvalue weighted by Crippen LogP contribution is -2.44. The van der Waals surface area contributed by atoms with Crippen LogP contribution < -0.4 is 10.1 Å². The minimum absolute atomic E-state index is 0.0646. The molecule has 6 heteroatoms. The Kier molecular flexibility index (Phi) is 7.11. The van der Waals surface area contributed by atoms with Gasteiger partial charge in [-0.25, -0.2) is 4.79 Å². The topological polar surface area (TPSA) is 64.6 Å². The predicted molar refractivity (Wildman–Crippen MR) is 88.5 cm³/mol. The van der Waals surface area contributed by atoms with Crippen LogP contribution in [0, 0.1) is 5.92 Å². The molecule has 1 aromatic carbocycles. The molecule has 1 amide bonds. The summed E-state index contributed by atoms with van der Waals surface area (Å²) in [5.41, 5.74) is 0.756. The molecule has 0 aliphatic heterocycles. The highest BCUT2D eigenvalue weighted by atomic mass is 79.9. The number of hydrogen-bond acceptors (Lipinski definition) is 4. The minimum Gasteiger partial charge on any atom is -0.496 e. The number of ether oxygens (including phenoxy) is 2. The van der Waals surface area contributed by atoms with Crippen molar-refractivity contribution < 1.29 is 19.1 Å². The van der Waals surface area contributed by atoms with E-state index in [0.717, 1.165) is 10.0 Å². The molecule has 0 bridgehead atoms. The van der Waals surface area contributed by atoms with E-state index in [1.54, 1.807) is 19.3 Å². The molecule has 1 unspecified atom stereocenters. The van der Waals surface area contributed by atoms with E-state index in [1.807, 2.05) is 26.0 Å². The average molecular weight is 370 g/mol. The number of halogens is 1. The molecular weight excluding hydrogens is 350 g/mol. The maximum atomic E-state index is 12.0. The highest BCUT2D eigenvalue weighted by molar-refractivity contribution is 9.10. The molecule has 5 nitrogen and oxygen atoms in total. The van der Waals surface area contributed by atoms with E-state index in [-0.39, 0.29) is 11.8 Å². The Hall–Kier alpha value is -1.82. The Balaban J connectivity index is 2.83. The van der Waals surface area contributed by atoms with Gasteiger partial charge < -0.3 is 14.8 Å². The Morgan fingerprint density at radius 1 is 1.27 bits per heavy atom. The first-order chi connectivity index (χ1) is 10.4. The SMILES string of the molecule is COC(=O)C(NC(=O)C=Cc1cc(Br)ccc1OC)C(C)C. The smallest absolute Gasteiger partial charge is 0.328 e. The standard InChI is InChI=1S/C16H20BrNO4/c1-10(2)15(16(20)22-4)18-14(19)8-5-11-9-12(17)6-7-13(11)21-3/h5-10,15H,1-4H3,(H,18,19). The van der Waals surface area contributed by atoms with Crippen LogP contribution in [0.1, 0.15) is 19.4 Å². The lowest BCUT2D eigenvalue weighted by Gasteiger charge is -2.18. The number of rotatable bonds is 6. The van der Waals surface area contributed by atoms with Crippen LogP contribution in [0.5, 0.6) is 5.75 Å². The Labute approximate surface area is 138 Å². The van der Waals surface area contributed by atoms with Crippen LogP contribution in [-0.4, -0.2) is 32.1 Å². The molecule has 0 saturated heterocycles. The molecule has 0 radical (unpaired) electrons. The average Bonchev–Trinajstić information content (AvgIpc) is 2.49. The number of carbonyl (C=O) groups is 2. The zero-order chi connectivity index (χ0) is 16.7. The molecule has 1 aromatic rings. The van der Waals surface area contributed by atoms with Crippen LogP contribution in [-0.2, 0) is 14.3 Å². The van der Waals surface area contributed by atoms with E-state index in [1.165, 1.54) is 13.2 Å². The summed E-state index contributed by atoms with van der Waals surface area (Å²) in [4.78, 5) is 23.6. The van der Waals surface area contributed by atoms with Gasteiger partial charge in [-0.1, -0.05) is 29.8 Å². The van der Waals surface area contributed by atoms with Gasteiger partial charge in [0.2, 0.25) is 5.91 Å². The van der Waals surface area contributed by atoms with Gasteiger partial charge in [-0.3, -0.25) is 4.79 Å². The second kappa shape index (κ2) is 8.58. The number of esters is 1. The third-order valence-corrected chi connectivity index (χ3v) is 3.52. The Morgan fingerprint density at radius 3 is 2.50 bits per heavy atom. The lowest BCUT2D eigenvalue weighted by molar-refractivity contribution is -0.145. The van der Waals surface area contributed by atoms with Crippen molar-refractivity contribution in [1.82, 2.24) is 5.32 Å². The summed E-state index contributed by atoms with van der Waals surface area (Å²) in [6.45, 7) is 3.67.